The molecule has 3 aromatic rings. The van der Waals surface area contributed by atoms with Crippen LogP contribution in [0.2, 0.25) is 0 Å². The van der Waals surface area contributed by atoms with Crippen LogP contribution < -0.4 is 0 Å². The van der Waals surface area contributed by atoms with Crippen molar-refractivity contribution < 1.29 is 9.59 Å². The number of aromatic amines is 1. The standard InChI is InChI=1S/C22H21N3O2/c1-14-21-17(16-9-5-6-10-18(16)23-21)11-19-22(27)24(13-20(26)25(14)19)12-15-7-3-2-4-8-15/h2-10,14,19,23H,11-13H2,1H3/t14-,19+/m0/s1. The number of carbonyl (C=O) groups is 2. The molecule has 1 saturated heterocycles. The van der Waals surface area contributed by atoms with Crippen molar-refractivity contribution in [1.82, 2.24) is 14.8 Å². The zero-order chi connectivity index (χ0) is 18.5. The SMILES string of the molecule is C[C@H]1c2[nH]c3ccccc3c2C[C@@H]2C(=O)N(Cc3ccccc3)CC(=O)N21. The molecule has 5 nitrogen and oxygen atoms in total. The van der Waals surface area contributed by atoms with Gasteiger partial charge in [0.05, 0.1) is 6.04 Å². The van der Waals surface area contributed by atoms with Gasteiger partial charge in [-0.05, 0) is 24.1 Å². The summed E-state index contributed by atoms with van der Waals surface area (Å²) in [7, 11) is 0. The minimum atomic E-state index is -0.420. The highest BCUT2D eigenvalue weighted by molar-refractivity contribution is 5.97. The fourth-order valence-corrected chi connectivity index (χ4v) is 4.57. The Morgan fingerprint density at radius 2 is 1.78 bits per heavy atom. The van der Waals surface area contributed by atoms with E-state index in [0.29, 0.717) is 13.0 Å². The van der Waals surface area contributed by atoms with E-state index in [-0.39, 0.29) is 24.4 Å². The average Bonchev–Trinajstić information content (AvgIpc) is 3.06. The lowest BCUT2D eigenvalue weighted by Crippen LogP contribution is -2.62. The lowest BCUT2D eigenvalue weighted by molar-refractivity contribution is -0.159. The summed E-state index contributed by atoms with van der Waals surface area (Å²) in [5.74, 6) is 0.0635. The fraction of sp³-hybridized carbons (Fsp3) is 0.273. The summed E-state index contributed by atoms with van der Waals surface area (Å²) in [5, 5.41) is 1.15. The summed E-state index contributed by atoms with van der Waals surface area (Å²) < 4.78 is 0. The number of amides is 2. The van der Waals surface area contributed by atoms with Gasteiger partial charge in [0.2, 0.25) is 11.8 Å². The van der Waals surface area contributed by atoms with E-state index in [0.717, 1.165) is 22.2 Å². The number of H-pyrrole nitrogens is 1. The van der Waals surface area contributed by atoms with Crippen molar-refractivity contribution >= 4 is 22.7 Å². The molecular formula is C22H21N3O2. The molecule has 0 saturated carbocycles. The lowest BCUT2D eigenvalue weighted by atomic mass is 9.90. The van der Waals surface area contributed by atoms with Gasteiger partial charge in [0, 0.05) is 29.6 Å². The third-order valence-corrected chi connectivity index (χ3v) is 5.84. The molecular weight excluding hydrogens is 338 g/mol. The molecule has 3 heterocycles. The molecule has 1 fully saturated rings. The van der Waals surface area contributed by atoms with Crippen molar-refractivity contribution in [1.29, 1.82) is 0 Å². The van der Waals surface area contributed by atoms with E-state index < -0.39 is 6.04 Å². The average molecular weight is 359 g/mol. The van der Waals surface area contributed by atoms with Crippen molar-refractivity contribution in [3.63, 3.8) is 0 Å². The number of benzene rings is 2. The molecule has 2 aliphatic heterocycles. The monoisotopic (exact) mass is 359 g/mol. The fourth-order valence-electron chi connectivity index (χ4n) is 4.57. The maximum Gasteiger partial charge on any atom is 0.246 e. The number of hydrogen-bond donors (Lipinski definition) is 1. The summed E-state index contributed by atoms with van der Waals surface area (Å²) in [6.07, 6.45) is 0.569. The predicted octanol–water partition coefficient (Wildman–Crippen LogP) is 3.02. The molecule has 1 N–H and O–H groups in total. The first-order valence-electron chi connectivity index (χ1n) is 9.37. The number of fused-ring (bicyclic) bond motifs is 4. The second kappa shape index (κ2) is 5.98. The molecule has 2 amide bonds. The largest absolute Gasteiger partial charge is 0.356 e. The molecule has 0 radical (unpaired) electrons. The van der Waals surface area contributed by atoms with Gasteiger partial charge < -0.3 is 14.8 Å². The number of carbonyl (C=O) groups excluding carboxylic acids is 2. The summed E-state index contributed by atoms with van der Waals surface area (Å²) in [6.45, 7) is 2.63. The van der Waals surface area contributed by atoms with E-state index in [4.69, 9.17) is 0 Å². The van der Waals surface area contributed by atoms with Gasteiger partial charge in [0.1, 0.15) is 12.6 Å². The van der Waals surface area contributed by atoms with Gasteiger partial charge in [-0.3, -0.25) is 9.59 Å². The molecule has 5 rings (SSSR count). The van der Waals surface area contributed by atoms with Crippen molar-refractivity contribution in [3.05, 3.63) is 71.4 Å². The summed E-state index contributed by atoms with van der Waals surface area (Å²) in [6, 6.07) is 17.5. The Kier molecular flexibility index (Phi) is 3.57. The van der Waals surface area contributed by atoms with E-state index in [9.17, 15) is 9.59 Å². The number of para-hydroxylation sites is 1. The molecule has 0 spiro atoms. The highest BCUT2D eigenvalue weighted by Gasteiger charge is 2.46. The molecule has 2 aromatic carbocycles. The number of hydrogen-bond acceptors (Lipinski definition) is 2. The molecule has 136 valence electrons. The van der Waals surface area contributed by atoms with Crippen LogP contribution in [0.4, 0.5) is 0 Å². The van der Waals surface area contributed by atoms with Crippen LogP contribution in [0.5, 0.6) is 0 Å². The van der Waals surface area contributed by atoms with Crippen LogP contribution in [0.25, 0.3) is 10.9 Å². The molecule has 2 atom stereocenters. The first kappa shape index (κ1) is 16.1. The van der Waals surface area contributed by atoms with E-state index in [1.165, 1.54) is 5.56 Å². The quantitative estimate of drug-likeness (QED) is 0.765. The highest BCUT2D eigenvalue weighted by atomic mass is 16.2. The van der Waals surface area contributed by atoms with Gasteiger partial charge in [-0.25, -0.2) is 0 Å². The smallest absolute Gasteiger partial charge is 0.246 e. The van der Waals surface area contributed by atoms with E-state index in [1.807, 2.05) is 55.5 Å². The maximum absolute atomic E-state index is 13.2. The lowest BCUT2D eigenvalue weighted by Gasteiger charge is -2.46. The Morgan fingerprint density at radius 3 is 2.59 bits per heavy atom. The third-order valence-electron chi connectivity index (χ3n) is 5.84. The predicted molar refractivity (Wildman–Crippen MR) is 103 cm³/mol. The molecule has 27 heavy (non-hydrogen) atoms. The summed E-state index contributed by atoms with van der Waals surface area (Å²) >= 11 is 0. The first-order valence-corrected chi connectivity index (χ1v) is 9.37. The van der Waals surface area contributed by atoms with Gasteiger partial charge in [-0.2, -0.15) is 0 Å². The van der Waals surface area contributed by atoms with Crippen molar-refractivity contribution in [2.24, 2.45) is 0 Å². The third kappa shape index (κ3) is 2.46. The van der Waals surface area contributed by atoms with Crippen molar-refractivity contribution in [2.75, 3.05) is 6.54 Å². The Balaban J connectivity index is 1.52. The number of nitrogens with zero attached hydrogens (tertiary/aromatic N) is 2. The van der Waals surface area contributed by atoms with Crippen molar-refractivity contribution in [2.45, 2.75) is 32.0 Å². The van der Waals surface area contributed by atoms with Crippen LogP contribution in [-0.2, 0) is 22.6 Å². The van der Waals surface area contributed by atoms with Crippen LogP contribution in [0, 0.1) is 0 Å². The molecule has 0 aliphatic carbocycles. The number of piperazine rings is 1. The highest BCUT2D eigenvalue weighted by Crippen LogP contribution is 2.39. The molecule has 0 unspecified atom stereocenters. The van der Waals surface area contributed by atoms with Crippen LogP contribution >= 0.6 is 0 Å². The normalized spacial score (nSPS) is 22.1. The molecule has 2 aliphatic rings. The van der Waals surface area contributed by atoms with E-state index in [2.05, 4.69) is 11.1 Å². The van der Waals surface area contributed by atoms with Gasteiger partial charge in [0.25, 0.3) is 0 Å². The molecule has 1 aromatic heterocycles. The van der Waals surface area contributed by atoms with Gasteiger partial charge in [0.15, 0.2) is 0 Å². The zero-order valence-corrected chi connectivity index (χ0v) is 15.2. The van der Waals surface area contributed by atoms with Crippen LogP contribution in [0.15, 0.2) is 54.6 Å². The van der Waals surface area contributed by atoms with E-state index >= 15 is 0 Å². The maximum atomic E-state index is 13.2. The van der Waals surface area contributed by atoms with Crippen molar-refractivity contribution in [3.8, 4) is 0 Å². The summed E-state index contributed by atoms with van der Waals surface area (Å²) in [4.78, 5) is 33.1. The Morgan fingerprint density at radius 1 is 1.04 bits per heavy atom. The van der Waals surface area contributed by atoms with Crippen LogP contribution in [0.1, 0.15) is 29.8 Å². The van der Waals surface area contributed by atoms with Gasteiger partial charge >= 0.3 is 0 Å². The second-order valence-corrected chi connectivity index (χ2v) is 7.44. The van der Waals surface area contributed by atoms with Gasteiger partial charge in [-0.1, -0.05) is 48.5 Å². The van der Waals surface area contributed by atoms with Crippen LogP contribution in [0.3, 0.4) is 0 Å². The molecule has 5 heteroatoms. The van der Waals surface area contributed by atoms with Crippen LogP contribution in [-0.4, -0.2) is 39.2 Å². The molecule has 0 bridgehead atoms. The first-order chi connectivity index (χ1) is 13.1. The Labute approximate surface area is 157 Å². The number of rotatable bonds is 2. The Bertz CT molecular complexity index is 1040. The summed E-state index contributed by atoms with van der Waals surface area (Å²) in [5.41, 5.74) is 4.34. The van der Waals surface area contributed by atoms with Gasteiger partial charge in [-0.15, -0.1) is 0 Å². The minimum Gasteiger partial charge on any atom is -0.356 e. The number of aromatic nitrogens is 1. The Hall–Kier alpha value is -3.08. The second-order valence-electron chi connectivity index (χ2n) is 7.44. The topological polar surface area (TPSA) is 56.4 Å². The van der Waals surface area contributed by atoms with E-state index in [1.54, 1.807) is 9.80 Å². The minimum absolute atomic E-state index is 0.0207. The zero-order valence-electron chi connectivity index (χ0n) is 15.2. The number of nitrogens with one attached hydrogen (secondary N) is 1.